The zero-order valence-electron chi connectivity index (χ0n) is 13.7. The Morgan fingerprint density at radius 3 is 2.58 bits per heavy atom. The van der Waals surface area contributed by atoms with E-state index in [4.69, 9.17) is 17.3 Å². The summed E-state index contributed by atoms with van der Waals surface area (Å²) in [6, 6.07) is 18.3. The molecule has 0 aliphatic rings. The van der Waals surface area contributed by atoms with Crippen LogP contribution in [0.5, 0.6) is 0 Å². The maximum absolute atomic E-state index is 12.6. The van der Waals surface area contributed by atoms with Gasteiger partial charge >= 0.3 is 0 Å². The van der Waals surface area contributed by atoms with Crippen molar-refractivity contribution in [3.63, 3.8) is 0 Å². The molecule has 0 fully saturated rings. The smallest absolute Gasteiger partial charge is 0.256 e. The maximum atomic E-state index is 12.6. The minimum atomic E-state index is -0.153. The van der Waals surface area contributed by atoms with Crippen LogP contribution in [-0.4, -0.2) is 10.9 Å². The molecule has 4 nitrogen and oxygen atoms in total. The van der Waals surface area contributed by atoms with E-state index in [2.05, 4.69) is 10.3 Å². The molecule has 7 heteroatoms. The predicted octanol–water partition coefficient (Wildman–Crippen LogP) is 5.28. The number of hydrogen-bond acceptors (Lipinski definition) is 4. The number of pyridine rings is 1. The average Bonchev–Trinajstić information content (AvgIpc) is 2.62. The van der Waals surface area contributed by atoms with E-state index >= 15 is 0 Å². The fourth-order valence-corrected chi connectivity index (χ4v) is 3.38. The fourth-order valence-electron chi connectivity index (χ4n) is 2.26. The number of nitrogens with two attached hydrogens (primary N) is 1. The Bertz CT molecular complexity index is 888. The first-order valence-electron chi connectivity index (χ1n) is 7.61. The number of hydrogen-bond donors (Lipinski definition) is 2. The van der Waals surface area contributed by atoms with Gasteiger partial charge in [0.2, 0.25) is 0 Å². The molecule has 1 heterocycles. The molecular weight excluding hydrogens is 389 g/mol. The van der Waals surface area contributed by atoms with E-state index < -0.39 is 0 Å². The topological polar surface area (TPSA) is 68.0 Å². The molecule has 0 bridgehead atoms. The van der Waals surface area contributed by atoms with Gasteiger partial charge in [0, 0.05) is 27.6 Å². The van der Waals surface area contributed by atoms with Crippen molar-refractivity contribution in [2.24, 2.45) is 0 Å². The zero-order valence-corrected chi connectivity index (χ0v) is 16.1. The molecule has 3 aromatic rings. The molecule has 3 rings (SSSR count). The van der Waals surface area contributed by atoms with Gasteiger partial charge in [0.25, 0.3) is 5.91 Å². The Hall–Kier alpha value is -2.21. The number of benzene rings is 2. The van der Waals surface area contributed by atoms with E-state index in [1.165, 1.54) is 0 Å². The lowest BCUT2D eigenvalue weighted by Gasteiger charge is -2.10. The third kappa shape index (κ3) is 5.39. The molecule has 0 aliphatic heterocycles. The molecular formula is C19H17Cl2N3OS. The number of rotatable bonds is 5. The van der Waals surface area contributed by atoms with Gasteiger partial charge in [0.1, 0.15) is 5.82 Å². The molecule has 0 radical (unpaired) electrons. The summed E-state index contributed by atoms with van der Waals surface area (Å²) in [7, 11) is 0. The highest BCUT2D eigenvalue weighted by Gasteiger charge is 2.12. The number of anilines is 2. The molecule has 0 unspecified atom stereocenters. The van der Waals surface area contributed by atoms with Crippen LogP contribution >= 0.6 is 35.8 Å². The Balaban J connectivity index is 0.00000243. The monoisotopic (exact) mass is 405 g/mol. The number of carbonyl (C=O) groups excluding carboxylic acids is 1. The standard InChI is InChI=1S/C19H16ClN3OS.ClH/c20-14-5-7-15(8-6-14)23-19(24)16-3-1-2-4-17(16)25-12-13-9-10-22-18(21)11-13;/h1-11H,12H2,(H2,21,22)(H,23,24);1H. The van der Waals surface area contributed by atoms with Crippen molar-refractivity contribution in [1.29, 1.82) is 0 Å². The number of amides is 1. The normalized spacial score (nSPS) is 10.0. The Morgan fingerprint density at radius 2 is 1.85 bits per heavy atom. The van der Waals surface area contributed by atoms with Crippen molar-refractivity contribution in [2.75, 3.05) is 11.1 Å². The van der Waals surface area contributed by atoms with Gasteiger partial charge in [-0.05, 0) is 54.1 Å². The highest BCUT2D eigenvalue weighted by atomic mass is 35.5. The summed E-state index contributed by atoms with van der Waals surface area (Å²) in [5.41, 5.74) is 8.10. The van der Waals surface area contributed by atoms with Gasteiger partial charge in [0.15, 0.2) is 0 Å². The molecule has 0 aliphatic carbocycles. The number of thioether (sulfide) groups is 1. The van der Waals surface area contributed by atoms with Crippen LogP contribution in [0.2, 0.25) is 5.02 Å². The summed E-state index contributed by atoms with van der Waals surface area (Å²) < 4.78 is 0. The van der Waals surface area contributed by atoms with Gasteiger partial charge in [0.05, 0.1) is 5.56 Å². The highest BCUT2D eigenvalue weighted by Crippen LogP contribution is 2.27. The summed E-state index contributed by atoms with van der Waals surface area (Å²) in [6.07, 6.45) is 1.68. The Kier molecular flexibility index (Phi) is 7.33. The number of nitrogens with one attached hydrogen (secondary N) is 1. The number of halogens is 2. The number of aromatic nitrogens is 1. The van der Waals surface area contributed by atoms with Crippen molar-refractivity contribution in [2.45, 2.75) is 10.6 Å². The van der Waals surface area contributed by atoms with Gasteiger partial charge in [-0.15, -0.1) is 24.2 Å². The highest BCUT2D eigenvalue weighted by molar-refractivity contribution is 7.98. The van der Waals surface area contributed by atoms with Gasteiger partial charge in [-0.25, -0.2) is 4.98 Å². The second kappa shape index (κ2) is 9.48. The van der Waals surface area contributed by atoms with Crippen LogP contribution in [0.1, 0.15) is 15.9 Å². The first-order chi connectivity index (χ1) is 12.1. The third-order valence-corrected chi connectivity index (χ3v) is 4.87. The summed E-state index contributed by atoms with van der Waals surface area (Å²) in [4.78, 5) is 17.5. The molecule has 0 atom stereocenters. The van der Waals surface area contributed by atoms with E-state index in [-0.39, 0.29) is 18.3 Å². The summed E-state index contributed by atoms with van der Waals surface area (Å²) >= 11 is 7.46. The van der Waals surface area contributed by atoms with Crippen molar-refractivity contribution >= 4 is 53.2 Å². The molecule has 3 N–H and O–H groups in total. The van der Waals surface area contributed by atoms with E-state index in [1.54, 1.807) is 42.2 Å². The van der Waals surface area contributed by atoms with E-state index in [0.29, 0.717) is 27.8 Å². The van der Waals surface area contributed by atoms with Crippen LogP contribution in [0.15, 0.2) is 71.8 Å². The van der Waals surface area contributed by atoms with Crippen molar-refractivity contribution in [1.82, 2.24) is 4.98 Å². The molecule has 1 amide bonds. The SMILES string of the molecule is Cl.Nc1cc(CSc2ccccc2C(=O)Nc2ccc(Cl)cc2)ccn1. The average molecular weight is 406 g/mol. The van der Waals surface area contributed by atoms with Crippen LogP contribution in [0, 0.1) is 0 Å². The van der Waals surface area contributed by atoms with Gasteiger partial charge in [-0.1, -0.05) is 23.7 Å². The van der Waals surface area contributed by atoms with Gasteiger partial charge in [-0.3, -0.25) is 4.79 Å². The van der Waals surface area contributed by atoms with Crippen molar-refractivity contribution < 1.29 is 4.79 Å². The Morgan fingerprint density at radius 1 is 1.12 bits per heavy atom. The van der Waals surface area contributed by atoms with Crippen molar-refractivity contribution in [3.8, 4) is 0 Å². The van der Waals surface area contributed by atoms with Crippen LogP contribution in [-0.2, 0) is 5.75 Å². The Labute approximate surface area is 167 Å². The number of carbonyl (C=O) groups is 1. The predicted molar refractivity (Wildman–Crippen MR) is 111 cm³/mol. The van der Waals surface area contributed by atoms with Crippen LogP contribution in [0.4, 0.5) is 11.5 Å². The van der Waals surface area contributed by atoms with E-state index in [0.717, 1.165) is 10.5 Å². The van der Waals surface area contributed by atoms with Crippen LogP contribution in [0.3, 0.4) is 0 Å². The summed E-state index contributed by atoms with van der Waals surface area (Å²) in [6.45, 7) is 0. The lowest BCUT2D eigenvalue weighted by atomic mass is 10.2. The largest absolute Gasteiger partial charge is 0.384 e. The lowest BCUT2D eigenvalue weighted by molar-refractivity contribution is 0.102. The third-order valence-electron chi connectivity index (χ3n) is 3.47. The maximum Gasteiger partial charge on any atom is 0.256 e. The molecule has 134 valence electrons. The van der Waals surface area contributed by atoms with Gasteiger partial charge in [-0.2, -0.15) is 0 Å². The quantitative estimate of drug-likeness (QED) is 0.566. The minimum absolute atomic E-state index is 0. The number of nitrogens with zero attached hydrogens (tertiary/aromatic N) is 1. The van der Waals surface area contributed by atoms with E-state index in [1.807, 2.05) is 36.4 Å². The number of nitrogen functional groups attached to an aromatic ring is 1. The molecule has 0 saturated heterocycles. The zero-order chi connectivity index (χ0) is 17.6. The van der Waals surface area contributed by atoms with E-state index in [9.17, 15) is 4.79 Å². The second-order valence-electron chi connectivity index (χ2n) is 5.33. The first kappa shape index (κ1) is 20.1. The molecule has 26 heavy (non-hydrogen) atoms. The molecule has 0 saturated carbocycles. The summed E-state index contributed by atoms with van der Waals surface area (Å²) in [5, 5.41) is 3.52. The van der Waals surface area contributed by atoms with Crippen LogP contribution in [0.25, 0.3) is 0 Å². The first-order valence-corrected chi connectivity index (χ1v) is 8.97. The summed E-state index contributed by atoms with van der Waals surface area (Å²) in [5.74, 6) is 1.05. The van der Waals surface area contributed by atoms with Crippen LogP contribution < -0.4 is 11.1 Å². The molecule has 0 spiro atoms. The second-order valence-corrected chi connectivity index (χ2v) is 6.79. The molecule has 1 aromatic heterocycles. The molecule has 2 aromatic carbocycles. The lowest BCUT2D eigenvalue weighted by Crippen LogP contribution is -2.12. The van der Waals surface area contributed by atoms with Gasteiger partial charge < -0.3 is 11.1 Å². The van der Waals surface area contributed by atoms with Crippen molar-refractivity contribution in [3.05, 3.63) is 83.0 Å². The fraction of sp³-hybridized carbons (Fsp3) is 0.0526. The minimum Gasteiger partial charge on any atom is -0.384 e.